The van der Waals surface area contributed by atoms with E-state index in [1.165, 1.54) is 7.11 Å². The number of esters is 1. The summed E-state index contributed by atoms with van der Waals surface area (Å²) in [4.78, 5) is 28.6. The van der Waals surface area contributed by atoms with Crippen molar-refractivity contribution in [2.75, 3.05) is 7.11 Å². The number of carbonyl (C=O) groups excluding carboxylic acids is 2. The summed E-state index contributed by atoms with van der Waals surface area (Å²) in [5, 5.41) is 3.50. The fourth-order valence-electron chi connectivity index (χ4n) is 1.48. The molecule has 0 aliphatic rings. The number of oxime groups is 1. The summed E-state index contributed by atoms with van der Waals surface area (Å²) in [7, 11) is 1.28. The topological polar surface area (TPSA) is 65.0 Å². The minimum atomic E-state index is -0.778. The summed E-state index contributed by atoms with van der Waals surface area (Å²) < 4.78 is 5.14. The fourth-order valence-corrected chi connectivity index (χ4v) is 1.48. The van der Waals surface area contributed by atoms with Crippen LogP contribution in [0, 0.1) is 0 Å². The maximum atomic E-state index is 12.1. The lowest BCUT2D eigenvalue weighted by Crippen LogP contribution is -2.34. The van der Waals surface area contributed by atoms with Crippen molar-refractivity contribution in [1.29, 1.82) is 0 Å². The Labute approximate surface area is 118 Å². The monoisotopic (exact) mass is 277 g/mol. The van der Waals surface area contributed by atoms with Crippen molar-refractivity contribution >= 4 is 17.5 Å². The van der Waals surface area contributed by atoms with E-state index in [-0.39, 0.29) is 12.1 Å². The van der Waals surface area contributed by atoms with Crippen LogP contribution in [0.1, 0.15) is 26.3 Å². The predicted octanol–water partition coefficient (Wildman–Crippen LogP) is 2.14. The normalized spacial score (nSPS) is 11.9. The van der Waals surface area contributed by atoms with E-state index in [1.807, 2.05) is 18.2 Å². The Morgan fingerprint density at radius 2 is 1.75 bits per heavy atom. The number of carbonyl (C=O) groups is 2. The Morgan fingerprint density at radius 3 is 2.25 bits per heavy atom. The van der Waals surface area contributed by atoms with Crippen molar-refractivity contribution < 1.29 is 19.2 Å². The number of hydrogen-bond donors (Lipinski definition) is 0. The molecule has 0 aliphatic carbocycles. The molecule has 0 aliphatic heterocycles. The third-order valence-electron chi connectivity index (χ3n) is 2.25. The van der Waals surface area contributed by atoms with Gasteiger partial charge in [0, 0.05) is 6.42 Å². The summed E-state index contributed by atoms with van der Waals surface area (Å²) in [6.45, 7) is 5.16. The minimum absolute atomic E-state index is 0.0717. The van der Waals surface area contributed by atoms with Gasteiger partial charge in [-0.25, -0.2) is 4.79 Å². The predicted molar refractivity (Wildman–Crippen MR) is 75.4 cm³/mol. The van der Waals surface area contributed by atoms with Crippen LogP contribution >= 0.6 is 0 Å². The molecule has 20 heavy (non-hydrogen) atoms. The van der Waals surface area contributed by atoms with Gasteiger partial charge in [0.25, 0.3) is 0 Å². The molecule has 1 aromatic carbocycles. The van der Waals surface area contributed by atoms with Gasteiger partial charge in [-0.15, -0.1) is 0 Å². The second-order valence-corrected chi connectivity index (χ2v) is 5.21. The van der Waals surface area contributed by atoms with Crippen LogP contribution in [0.4, 0.5) is 0 Å². The molecule has 0 spiro atoms. The van der Waals surface area contributed by atoms with Gasteiger partial charge in [0.15, 0.2) is 5.78 Å². The van der Waals surface area contributed by atoms with E-state index in [0.29, 0.717) is 0 Å². The van der Waals surface area contributed by atoms with E-state index in [0.717, 1.165) is 5.56 Å². The van der Waals surface area contributed by atoms with Gasteiger partial charge < -0.3 is 9.57 Å². The number of benzene rings is 1. The van der Waals surface area contributed by atoms with E-state index in [1.54, 1.807) is 32.9 Å². The fraction of sp³-hybridized carbons (Fsp3) is 0.400. The van der Waals surface area contributed by atoms with Gasteiger partial charge in [0.1, 0.15) is 12.7 Å². The average molecular weight is 277 g/mol. The molecule has 5 nitrogen and oxygen atoms in total. The standard InChI is InChI=1S/C15H19NO4/c1-15(2,3)20-14(18)13(16-19-4)12(17)10-11-8-6-5-7-9-11/h5-9H,10H2,1-4H3. The third kappa shape index (κ3) is 5.22. The van der Waals surface area contributed by atoms with Crippen LogP contribution in [0.25, 0.3) is 0 Å². The Kier molecular flexibility index (Phi) is 5.43. The van der Waals surface area contributed by atoms with Crippen molar-refractivity contribution in [2.45, 2.75) is 32.8 Å². The Bertz CT molecular complexity index is 500. The average Bonchev–Trinajstić information content (AvgIpc) is 2.34. The zero-order chi connectivity index (χ0) is 15.2. The quantitative estimate of drug-likeness (QED) is 0.358. The number of Topliss-reactive ketones (excluding diaryl/α,β-unsaturated/α-hetero) is 1. The molecule has 0 bridgehead atoms. The van der Waals surface area contributed by atoms with Crippen molar-refractivity contribution in [2.24, 2.45) is 5.16 Å². The maximum Gasteiger partial charge on any atom is 0.364 e. The van der Waals surface area contributed by atoms with Gasteiger partial charge in [0.2, 0.25) is 5.71 Å². The van der Waals surface area contributed by atoms with E-state index in [4.69, 9.17) is 4.74 Å². The number of ether oxygens (including phenoxy) is 1. The van der Waals surface area contributed by atoms with Crippen LogP contribution in [-0.4, -0.2) is 30.2 Å². The number of ketones is 1. The third-order valence-corrected chi connectivity index (χ3v) is 2.25. The lowest BCUT2D eigenvalue weighted by Gasteiger charge is -2.19. The Morgan fingerprint density at radius 1 is 1.15 bits per heavy atom. The molecule has 0 aromatic heterocycles. The molecular formula is C15H19NO4. The summed E-state index contributed by atoms with van der Waals surface area (Å²) in [5.41, 5.74) is -0.227. The van der Waals surface area contributed by atoms with Crippen molar-refractivity contribution in [1.82, 2.24) is 0 Å². The smallest absolute Gasteiger partial charge is 0.364 e. The lowest BCUT2D eigenvalue weighted by atomic mass is 10.1. The van der Waals surface area contributed by atoms with E-state index in [9.17, 15) is 9.59 Å². The van der Waals surface area contributed by atoms with Gasteiger partial charge in [0.05, 0.1) is 0 Å². The zero-order valence-corrected chi connectivity index (χ0v) is 12.2. The van der Waals surface area contributed by atoms with Gasteiger partial charge >= 0.3 is 5.97 Å². The molecule has 0 N–H and O–H groups in total. The summed E-state index contributed by atoms with van der Waals surface area (Å²) in [5.74, 6) is -1.22. The van der Waals surface area contributed by atoms with Crippen LogP contribution in [0.5, 0.6) is 0 Å². The van der Waals surface area contributed by atoms with E-state index < -0.39 is 17.4 Å². The van der Waals surface area contributed by atoms with Crippen LogP contribution in [0.2, 0.25) is 0 Å². The van der Waals surface area contributed by atoms with Crippen LogP contribution in [0.3, 0.4) is 0 Å². The molecule has 0 unspecified atom stereocenters. The summed E-state index contributed by atoms with van der Waals surface area (Å²) in [6, 6.07) is 9.10. The zero-order valence-electron chi connectivity index (χ0n) is 12.2. The molecule has 0 fully saturated rings. The highest BCUT2D eigenvalue weighted by atomic mass is 16.6. The Hall–Kier alpha value is -2.17. The number of hydrogen-bond acceptors (Lipinski definition) is 5. The first-order chi connectivity index (χ1) is 9.33. The summed E-state index contributed by atoms with van der Waals surface area (Å²) >= 11 is 0. The molecule has 5 heteroatoms. The first-order valence-electron chi connectivity index (χ1n) is 6.25. The molecule has 0 saturated carbocycles. The molecule has 0 radical (unpaired) electrons. The number of rotatable bonds is 5. The maximum absolute atomic E-state index is 12.1. The van der Waals surface area contributed by atoms with Crippen LogP contribution in [-0.2, 0) is 25.6 Å². The molecule has 0 heterocycles. The highest BCUT2D eigenvalue weighted by Crippen LogP contribution is 2.09. The summed E-state index contributed by atoms with van der Waals surface area (Å²) in [6.07, 6.45) is 0.0717. The van der Waals surface area contributed by atoms with Crippen molar-refractivity contribution in [3.63, 3.8) is 0 Å². The van der Waals surface area contributed by atoms with Gasteiger partial charge in [-0.3, -0.25) is 4.79 Å². The first-order valence-corrected chi connectivity index (χ1v) is 6.25. The molecule has 1 aromatic rings. The van der Waals surface area contributed by atoms with Gasteiger partial charge in [-0.05, 0) is 26.3 Å². The van der Waals surface area contributed by atoms with Crippen LogP contribution < -0.4 is 0 Å². The lowest BCUT2D eigenvalue weighted by molar-refractivity contribution is -0.146. The van der Waals surface area contributed by atoms with Gasteiger partial charge in [-0.1, -0.05) is 35.5 Å². The molecule has 1 rings (SSSR count). The van der Waals surface area contributed by atoms with E-state index in [2.05, 4.69) is 9.99 Å². The molecule has 108 valence electrons. The molecular weight excluding hydrogens is 258 g/mol. The van der Waals surface area contributed by atoms with Crippen molar-refractivity contribution in [3.05, 3.63) is 35.9 Å². The Balaban J connectivity index is 2.84. The van der Waals surface area contributed by atoms with Crippen molar-refractivity contribution in [3.8, 4) is 0 Å². The highest BCUT2D eigenvalue weighted by molar-refractivity contribution is 6.64. The molecule has 0 atom stereocenters. The first kappa shape index (κ1) is 15.9. The van der Waals surface area contributed by atoms with Gasteiger partial charge in [-0.2, -0.15) is 0 Å². The molecule has 0 amide bonds. The van der Waals surface area contributed by atoms with E-state index >= 15 is 0 Å². The SMILES string of the molecule is CON=C(C(=O)Cc1ccccc1)C(=O)OC(C)(C)C. The largest absolute Gasteiger partial charge is 0.455 e. The second-order valence-electron chi connectivity index (χ2n) is 5.21. The highest BCUT2D eigenvalue weighted by Gasteiger charge is 2.27. The minimum Gasteiger partial charge on any atom is -0.455 e. The molecule has 0 saturated heterocycles. The second kappa shape index (κ2) is 6.84. The number of nitrogens with zero attached hydrogens (tertiary/aromatic N) is 1. The van der Waals surface area contributed by atoms with Crippen LogP contribution in [0.15, 0.2) is 35.5 Å².